The lowest BCUT2D eigenvalue weighted by Crippen LogP contribution is -1.99. The van der Waals surface area contributed by atoms with E-state index in [0.29, 0.717) is 17.2 Å². The molecule has 0 spiro atoms. The number of carboxylic acids is 1. The number of hydrogen-bond donors (Lipinski definition) is 1. The number of thioether (sulfide) groups is 1. The third kappa shape index (κ3) is 2.47. The standard InChI is InChI=1S/C11H10N2O3S/c1-17-6-9-12-13-10(16-9)7-4-2-3-5-8(7)11(14)15/h2-5H,6H2,1H3,(H,14,15). The Morgan fingerprint density at radius 1 is 1.41 bits per heavy atom. The van der Waals surface area contributed by atoms with Gasteiger partial charge in [-0.25, -0.2) is 4.79 Å². The Morgan fingerprint density at radius 2 is 2.18 bits per heavy atom. The van der Waals surface area contributed by atoms with Crippen molar-refractivity contribution < 1.29 is 14.3 Å². The van der Waals surface area contributed by atoms with Crippen molar-refractivity contribution in [1.82, 2.24) is 10.2 Å². The lowest BCUT2D eigenvalue weighted by Gasteiger charge is -1.99. The number of rotatable bonds is 4. The van der Waals surface area contributed by atoms with Crippen LogP contribution in [0.3, 0.4) is 0 Å². The molecule has 5 nitrogen and oxygen atoms in total. The number of aromatic nitrogens is 2. The fraction of sp³-hybridized carbons (Fsp3) is 0.182. The van der Waals surface area contributed by atoms with Crippen LogP contribution < -0.4 is 0 Å². The molecule has 0 unspecified atom stereocenters. The third-order valence-corrected chi connectivity index (χ3v) is 2.66. The van der Waals surface area contributed by atoms with Crippen molar-refractivity contribution in [3.63, 3.8) is 0 Å². The van der Waals surface area contributed by atoms with E-state index in [9.17, 15) is 4.79 Å². The quantitative estimate of drug-likeness (QED) is 0.897. The predicted molar refractivity (Wildman–Crippen MR) is 63.9 cm³/mol. The average Bonchev–Trinajstić information content (AvgIpc) is 2.78. The molecule has 0 saturated carbocycles. The highest BCUT2D eigenvalue weighted by Crippen LogP contribution is 2.23. The first-order valence-electron chi connectivity index (χ1n) is 4.86. The molecule has 0 amide bonds. The summed E-state index contributed by atoms with van der Waals surface area (Å²) in [7, 11) is 0. The molecule has 6 heteroatoms. The van der Waals surface area contributed by atoms with Gasteiger partial charge in [0.2, 0.25) is 11.8 Å². The van der Waals surface area contributed by atoms with Gasteiger partial charge in [0.05, 0.1) is 16.9 Å². The van der Waals surface area contributed by atoms with Crippen LogP contribution in [-0.4, -0.2) is 27.5 Å². The minimum absolute atomic E-state index is 0.159. The van der Waals surface area contributed by atoms with Crippen LogP contribution in [0.4, 0.5) is 0 Å². The minimum atomic E-state index is -1.01. The van der Waals surface area contributed by atoms with E-state index in [1.165, 1.54) is 6.07 Å². The Kier molecular flexibility index (Phi) is 3.43. The average molecular weight is 250 g/mol. The van der Waals surface area contributed by atoms with Gasteiger partial charge in [0.1, 0.15) is 0 Å². The maximum Gasteiger partial charge on any atom is 0.336 e. The van der Waals surface area contributed by atoms with Gasteiger partial charge in [-0.1, -0.05) is 12.1 Å². The number of benzene rings is 1. The molecule has 0 atom stereocenters. The molecule has 1 N–H and O–H groups in total. The van der Waals surface area contributed by atoms with Crippen molar-refractivity contribution in [3.8, 4) is 11.5 Å². The summed E-state index contributed by atoms with van der Waals surface area (Å²) in [5.74, 6) is 0.340. The van der Waals surface area contributed by atoms with Crippen LogP contribution >= 0.6 is 11.8 Å². The highest BCUT2D eigenvalue weighted by atomic mass is 32.2. The fourth-order valence-electron chi connectivity index (χ4n) is 1.40. The van der Waals surface area contributed by atoms with E-state index in [0.717, 1.165) is 0 Å². The van der Waals surface area contributed by atoms with Gasteiger partial charge in [-0.05, 0) is 18.4 Å². The summed E-state index contributed by atoms with van der Waals surface area (Å²) in [6, 6.07) is 6.56. The van der Waals surface area contributed by atoms with Crippen molar-refractivity contribution >= 4 is 17.7 Å². The number of carbonyl (C=O) groups is 1. The van der Waals surface area contributed by atoms with Crippen LogP contribution in [0.1, 0.15) is 16.2 Å². The van der Waals surface area contributed by atoms with Crippen LogP contribution in [0.5, 0.6) is 0 Å². The molecule has 0 aliphatic rings. The molecule has 88 valence electrons. The van der Waals surface area contributed by atoms with Crippen molar-refractivity contribution in [1.29, 1.82) is 0 Å². The third-order valence-electron chi connectivity index (χ3n) is 2.12. The monoisotopic (exact) mass is 250 g/mol. The second-order valence-electron chi connectivity index (χ2n) is 3.28. The van der Waals surface area contributed by atoms with Crippen LogP contribution in [0, 0.1) is 0 Å². The molecule has 17 heavy (non-hydrogen) atoms. The lowest BCUT2D eigenvalue weighted by atomic mass is 10.1. The van der Waals surface area contributed by atoms with E-state index < -0.39 is 5.97 Å². The number of nitrogens with zero attached hydrogens (tertiary/aromatic N) is 2. The number of carboxylic acid groups (broad SMARTS) is 1. The highest BCUT2D eigenvalue weighted by molar-refractivity contribution is 7.97. The predicted octanol–water partition coefficient (Wildman–Crippen LogP) is 2.30. The van der Waals surface area contributed by atoms with Gasteiger partial charge in [-0.3, -0.25) is 0 Å². The second kappa shape index (κ2) is 5.01. The summed E-state index contributed by atoms with van der Waals surface area (Å²) in [5, 5.41) is 16.8. The summed E-state index contributed by atoms with van der Waals surface area (Å²) in [6.07, 6.45) is 1.93. The van der Waals surface area contributed by atoms with Gasteiger partial charge < -0.3 is 9.52 Å². The van der Waals surface area contributed by atoms with Gasteiger partial charge in [0.15, 0.2) is 0 Å². The largest absolute Gasteiger partial charge is 0.478 e. The Balaban J connectivity index is 2.41. The summed E-state index contributed by atoms with van der Waals surface area (Å²) in [5.41, 5.74) is 0.603. The van der Waals surface area contributed by atoms with Crippen LogP contribution in [-0.2, 0) is 5.75 Å². The first kappa shape index (κ1) is 11.7. The van der Waals surface area contributed by atoms with E-state index in [-0.39, 0.29) is 11.5 Å². The molecule has 0 saturated heterocycles. The van der Waals surface area contributed by atoms with E-state index in [4.69, 9.17) is 9.52 Å². The zero-order valence-corrected chi connectivity index (χ0v) is 9.90. The molecular formula is C11H10N2O3S. The second-order valence-corrected chi connectivity index (χ2v) is 4.15. The molecule has 0 radical (unpaired) electrons. The van der Waals surface area contributed by atoms with Gasteiger partial charge >= 0.3 is 5.97 Å². The molecule has 2 rings (SSSR count). The molecule has 1 aromatic carbocycles. The van der Waals surface area contributed by atoms with E-state index in [2.05, 4.69) is 10.2 Å². The first-order valence-corrected chi connectivity index (χ1v) is 6.25. The Labute approximate surface area is 102 Å². The Morgan fingerprint density at radius 3 is 2.88 bits per heavy atom. The van der Waals surface area contributed by atoms with Gasteiger partial charge in [-0.15, -0.1) is 10.2 Å². The topological polar surface area (TPSA) is 76.2 Å². The lowest BCUT2D eigenvalue weighted by molar-refractivity contribution is 0.0697. The Bertz CT molecular complexity index is 539. The van der Waals surface area contributed by atoms with Crippen LogP contribution in [0.25, 0.3) is 11.5 Å². The van der Waals surface area contributed by atoms with Crippen molar-refractivity contribution in [2.75, 3.05) is 6.26 Å². The zero-order valence-electron chi connectivity index (χ0n) is 9.08. The van der Waals surface area contributed by atoms with Crippen LogP contribution in [0.15, 0.2) is 28.7 Å². The molecule has 0 aliphatic carbocycles. The summed E-state index contributed by atoms with van der Waals surface area (Å²) in [4.78, 5) is 11.0. The molecule has 0 fully saturated rings. The van der Waals surface area contributed by atoms with Gasteiger partial charge in [0.25, 0.3) is 0 Å². The van der Waals surface area contributed by atoms with E-state index in [1.54, 1.807) is 30.0 Å². The minimum Gasteiger partial charge on any atom is -0.478 e. The maximum atomic E-state index is 11.0. The molecule has 0 bridgehead atoms. The fourth-order valence-corrected chi connectivity index (χ4v) is 1.76. The molecule has 1 aromatic heterocycles. The Hall–Kier alpha value is -1.82. The molecule has 2 aromatic rings. The van der Waals surface area contributed by atoms with Crippen LogP contribution in [0.2, 0.25) is 0 Å². The normalized spacial score (nSPS) is 10.4. The van der Waals surface area contributed by atoms with Crippen molar-refractivity contribution in [3.05, 3.63) is 35.7 Å². The number of hydrogen-bond acceptors (Lipinski definition) is 5. The van der Waals surface area contributed by atoms with E-state index >= 15 is 0 Å². The molecule has 0 aliphatic heterocycles. The summed E-state index contributed by atoms with van der Waals surface area (Å²) < 4.78 is 5.39. The van der Waals surface area contributed by atoms with Crippen molar-refractivity contribution in [2.24, 2.45) is 0 Å². The molecule has 1 heterocycles. The molecular weight excluding hydrogens is 240 g/mol. The van der Waals surface area contributed by atoms with Gasteiger partial charge in [0, 0.05) is 0 Å². The number of aromatic carboxylic acids is 1. The van der Waals surface area contributed by atoms with Crippen molar-refractivity contribution in [2.45, 2.75) is 5.75 Å². The van der Waals surface area contributed by atoms with Gasteiger partial charge in [-0.2, -0.15) is 11.8 Å². The zero-order chi connectivity index (χ0) is 12.3. The first-order chi connectivity index (χ1) is 8.22. The summed E-state index contributed by atoms with van der Waals surface area (Å²) >= 11 is 1.56. The smallest absolute Gasteiger partial charge is 0.336 e. The maximum absolute atomic E-state index is 11.0. The SMILES string of the molecule is CSCc1nnc(-c2ccccc2C(=O)O)o1. The highest BCUT2D eigenvalue weighted by Gasteiger charge is 2.15. The summed E-state index contributed by atoms with van der Waals surface area (Å²) in [6.45, 7) is 0. The van der Waals surface area contributed by atoms with E-state index in [1.807, 2.05) is 6.26 Å².